The highest BCUT2D eigenvalue weighted by molar-refractivity contribution is 6.30. The Bertz CT molecular complexity index is 352. The molecule has 1 fully saturated rings. The number of likely N-dealkylation sites (tertiary alicyclic amines) is 1. The van der Waals surface area contributed by atoms with Crippen LogP contribution in [0.2, 0.25) is 5.02 Å². The Morgan fingerprint density at radius 3 is 3.00 bits per heavy atom. The van der Waals surface area contributed by atoms with Gasteiger partial charge in [0.2, 0.25) is 0 Å². The fraction of sp³-hybridized carbons (Fsp3) is 0.538. The van der Waals surface area contributed by atoms with Crippen LogP contribution >= 0.6 is 11.6 Å². The average molecular weight is 239 g/mol. The van der Waals surface area contributed by atoms with Gasteiger partial charge in [0, 0.05) is 23.7 Å². The number of hydrogen-bond donors (Lipinski definition) is 1. The summed E-state index contributed by atoms with van der Waals surface area (Å²) in [5, 5.41) is 0.799. The minimum Gasteiger partial charge on any atom is -0.326 e. The second-order valence-electron chi connectivity index (χ2n) is 4.49. The molecule has 0 radical (unpaired) electrons. The zero-order chi connectivity index (χ0) is 11.5. The summed E-state index contributed by atoms with van der Waals surface area (Å²) in [7, 11) is 0. The van der Waals surface area contributed by atoms with E-state index in [0.29, 0.717) is 6.04 Å². The minimum atomic E-state index is 0.241. The van der Waals surface area contributed by atoms with E-state index in [-0.39, 0.29) is 6.04 Å². The molecule has 1 aliphatic rings. The highest BCUT2D eigenvalue weighted by atomic mass is 35.5. The summed E-state index contributed by atoms with van der Waals surface area (Å²) in [5.74, 6) is 0. The summed E-state index contributed by atoms with van der Waals surface area (Å²) in [5.41, 5.74) is 7.45. The van der Waals surface area contributed by atoms with Crippen molar-refractivity contribution in [1.82, 2.24) is 4.90 Å². The molecule has 0 aromatic heterocycles. The van der Waals surface area contributed by atoms with Gasteiger partial charge in [0.05, 0.1) is 0 Å². The van der Waals surface area contributed by atoms with Crippen LogP contribution in [0.3, 0.4) is 0 Å². The van der Waals surface area contributed by atoms with Crippen molar-refractivity contribution >= 4 is 11.6 Å². The van der Waals surface area contributed by atoms with Crippen LogP contribution in [0, 0.1) is 0 Å². The summed E-state index contributed by atoms with van der Waals surface area (Å²) in [4.78, 5) is 2.47. The van der Waals surface area contributed by atoms with Crippen molar-refractivity contribution in [3.05, 3.63) is 34.9 Å². The molecule has 2 atom stereocenters. The second-order valence-corrected chi connectivity index (χ2v) is 4.92. The third kappa shape index (κ3) is 2.40. The van der Waals surface area contributed by atoms with Crippen LogP contribution in [0.4, 0.5) is 0 Å². The standard InChI is InChI=1S/C13H19ClN2/c1-2-7-16-8-6-12(15)13(16)10-4-3-5-11(14)9-10/h3-5,9,12-13H,2,6-8,15H2,1H3/t12-,13+/m0/s1. The van der Waals surface area contributed by atoms with Crippen LogP contribution in [-0.2, 0) is 0 Å². The fourth-order valence-electron chi connectivity index (χ4n) is 2.57. The van der Waals surface area contributed by atoms with E-state index in [1.165, 1.54) is 12.0 Å². The van der Waals surface area contributed by atoms with E-state index in [1.807, 2.05) is 18.2 Å². The van der Waals surface area contributed by atoms with E-state index < -0.39 is 0 Å². The Balaban J connectivity index is 2.22. The molecule has 1 saturated heterocycles. The van der Waals surface area contributed by atoms with E-state index >= 15 is 0 Å². The van der Waals surface area contributed by atoms with Crippen molar-refractivity contribution in [2.75, 3.05) is 13.1 Å². The maximum atomic E-state index is 6.20. The second kappa shape index (κ2) is 5.17. The summed E-state index contributed by atoms with van der Waals surface area (Å²) < 4.78 is 0. The van der Waals surface area contributed by atoms with Gasteiger partial charge in [-0.15, -0.1) is 0 Å². The van der Waals surface area contributed by atoms with Crippen LogP contribution in [-0.4, -0.2) is 24.0 Å². The van der Waals surface area contributed by atoms with Crippen LogP contribution in [0.1, 0.15) is 31.4 Å². The predicted octanol–water partition coefficient (Wildman–Crippen LogP) is 2.82. The van der Waals surface area contributed by atoms with E-state index in [4.69, 9.17) is 17.3 Å². The van der Waals surface area contributed by atoms with Gasteiger partial charge in [-0.3, -0.25) is 4.90 Å². The number of benzene rings is 1. The molecule has 2 N–H and O–H groups in total. The average Bonchev–Trinajstić information content (AvgIpc) is 2.60. The Hall–Kier alpha value is -0.570. The van der Waals surface area contributed by atoms with Crippen LogP contribution in [0.15, 0.2) is 24.3 Å². The summed E-state index contributed by atoms with van der Waals surface area (Å²) in [6.45, 7) is 4.43. The van der Waals surface area contributed by atoms with Crippen molar-refractivity contribution in [3.8, 4) is 0 Å². The molecule has 2 rings (SSSR count). The molecule has 0 spiro atoms. The molecule has 88 valence electrons. The van der Waals surface area contributed by atoms with E-state index in [9.17, 15) is 0 Å². The van der Waals surface area contributed by atoms with E-state index in [2.05, 4.69) is 17.9 Å². The Kier molecular flexibility index (Phi) is 3.85. The maximum Gasteiger partial charge on any atom is 0.0500 e. The molecule has 16 heavy (non-hydrogen) atoms. The molecule has 2 nitrogen and oxygen atoms in total. The Morgan fingerprint density at radius 1 is 1.50 bits per heavy atom. The number of halogens is 1. The first-order valence-corrected chi connectivity index (χ1v) is 6.35. The normalized spacial score (nSPS) is 26.2. The van der Waals surface area contributed by atoms with Crippen molar-refractivity contribution in [3.63, 3.8) is 0 Å². The number of rotatable bonds is 3. The van der Waals surface area contributed by atoms with Gasteiger partial charge < -0.3 is 5.73 Å². The quantitative estimate of drug-likeness (QED) is 0.878. The molecule has 1 aliphatic heterocycles. The number of nitrogens with two attached hydrogens (primary N) is 1. The van der Waals surface area contributed by atoms with Crippen molar-refractivity contribution < 1.29 is 0 Å². The van der Waals surface area contributed by atoms with Gasteiger partial charge >= 0.3 is 0 Å². The van der Waals surface area contributed by atoms with Crippen molar-refractivity contribution in [2.45, 2.75) is 31.8 Å². The molecule has 3 heteroatoms. The van der Waals surface area contributed by atoms with Crippen molar-refractivity contribution in [2.24, 2.45) is 5.73 Å². The summed E-state index contributed by atoms with van der Waals surface area (Å²) in [6, 6.07) is 8.68. The third-order valence-electron chi connectivity index (χ3n) is 3.25. The van der Waals surface area contributed by atoms with Gasteiger partial charge in [-0.1, -0.05) is 30.7 Å². The SMILES string of the molecule is CCCN1CC[C@H](N)[C@H]1c1cccc(Cl)c1. The zero-order valence-corrected chi connectivity index (χ0v) is 10.5. The van der Waals surface area contributed by atoms with E-state index in [1.54, 1.807) is 0 Å². The van der Waals surface area contributed by atoms with Gasteiger partial charge in [0.15, 0.2) is 0 Å². The molecular formula is C13H19ClN2. The first-order chi connectivity index (χ1) is 7.72. The highest BCUT2D eigenvalue weighted by Crippen LogP contribution is 2.32. The topological polar surface area (TPSA) is 29.3 Å². The van der Waals surface area contributed by atoms with Crippen molar-refractivity contribution in [1.29, 1.82) is 0 Å². The molecule has 1 heterocycles. The minimum absolute atomic E-state index is 0.241. The lowest BCUT2D eigenvalue weighted by atomic mass is 10.0. The van der Waals surface area contributed by atoms with Crippen LogP contribution in [0.25, 0.3) is 0 Å². The first-order valence-electron chi connectivity index (χ1n) is 5.97. The molecule has 0 aliphatic carbocycles. The smallest absolute Gasteiger partial charge is 0.0500 e. The first kappa shape index (κ1) is 11.9. The van der Waals surface area contributed by atoms with Crippen LogP contribution in [0.5, 0.6) is 0 Å². The fourth-order valence-corrected chi connectivity index (χ4v) is 2.77. The summed E-state index contributed by atoms with van der Waals surface area (Å²) in [6.07, 6.45) is 2.25. The molecule has 0 unspecified atom stereocenters. The lowest BCUT2D eigenvalue weighted by Crippen LogP contribution is -2.32. The largest absolute Gasteiger partial charge is 0.326 e. The Morgan fingerprint density at radius 2 is 2.31 bits per heavy atom. The molecular weight excluding hydrogens is 220 g/mol. The Labute approximate surface area is 102 Å². The number of hydrogen-bond acceptors (Lipinski definition) is 2. The van der Waals surface area contributed by atoms with Gasteiger partial charge in [0.1, 0.15) is 0 Å². The lowest BCUT2D eigenvalue weighted by molar-refractivity contribution is 0.248. The molecule has 0 amide bonds. The maximum absolute atomic E-state index is 6.20. The molecule has 0 saturated carbocycles. The monoisotopic (exact) mass is 238 g/mol. The molecule has 1 aromatic carbocycles. The van der Waals surface area contributed by atoms with Gasteiger partial charge in [-0.05, 0) is 37.1 Å². The number of nitrogens with zero attached hydrogens (tertiary/aromatic N) is 1. The third-order valence-corrected chi connectivity index (χ3v) is 3.48. The highest BCUT2D eigenvalue weighted by Gasteiger charge is 2.32. The lowest BCUT2D eigenvalue weighted by Gasteiger charge is -2.26. The molecule has 1 aromatic rings. The zero-order valence-electron chi connectivity index (χ0n) is 9.70. The predicted molar refractivity (Wildman–Crippen MR) is 68.6 cm³/mol. The van der Waals surface area contributed by atoms with Gasteiger partial charge in [-0.25, -0.2) is 0 Å². The van der Waals surface area contributed by atoms with E-state index in [0.717, 1.165) is 24.5 Å². The molecule has 0 bridgehead atoms. The van der Waals surface area contributed by atoms with Gasteiger partial charge in [-0.2, -0.15) is 0 Å². The van der Waals surface area contributed by atoms with Gasteiger partial charge in [0.25, 0.3) is 0 Å². The van der Waals surface area contributed by atoms with Crippen LogP contribution < -0.4 is 5.73 Å². The summed E-state index contributed by atoms with van der Waals surface area (Å²) >= 11 is 6.04.